The standard InChI is InChI=1S/C19H29BrN2O2/c1-3-5-7-15(4-2)13-21-18(23)10-11-19(24)22-14-16-8-6-9-17(20)12-16/h6,8-9,12,15H,3-5,7,10-11,13-14H2,1-2H3,(H,21,23)(H,22,24)/t15-/m0/s1. The number of nitrogens with one attached hydrogen (secondary N) is 2. The molecule has 0 unspecified atom stereocenters. The molecule has 4 nitrogen and oxygen atoms in total. The zero-order valence-electron chi connectivity index (χ0n) is 14.7. The summed E-state index contributed by atoms with van der Waals surface area (Å²) in [5.41, 5.74) is 1.03. The third-order valence-electron chi connectivity index (χ3n) is 4.09. The van der Waals surface area contributed by atoms with Crippen LogP contribution in [0.2, 0.25) is 0 Å². The summed E-state index contributed by atoms with van der Waals surface area (Å²) in [5, 5.41) is 5.80. The topological polar surface area (TPSA) is 58.2 Å². The Hall–Kier alpha value is -1.36. The zero-order valence-corrected chi connectivity index (χ0v) is 16.3. The molecule has 24 heavy (non-hydrogen) atoms. The molecule has 0 aliphatic heterocycles. The predicted octanol–water partition coefficient (Wildman–Crippen LogP) is 4.18. The Morgan fingerprint density at radius 3 is 2.46 bits per heavy atom. The fourth-order valence-electron chi connectivity index (χ4n) is 2.45. The number of carbonyl (C=O) groups is 2. The maximum Gasteiger partial charge on any atom is 0.220 e. The predicted molar refractivity (Wildman–Crippen MR) is 102 cm³/mol. The first-order valence-electron chi connectivity index (χ1n) is 8.83. The molecule has 0 aliphatic carbocycles. The highest BCUT2D eigenvalue weighted by Crippen LogP contribution is 2.12. The molecule has 1 aromatic rings. The van der Waals surface area contributed by atoms with Gasteiger partial charge < -0.3 is 10.6 Å². The summed E-state index contributed by atoms with van der Waals surface area (Å²) in [6.07, 6.45) is 5.09. The second-order valence-corrected chi connectivity index (χ2v) is 7.04. The van der Waals surface area contributed by atoms with Crippen LogP contribution in [0.3, 0.4) is 0 Å². The smallest absolute Gasteiger partial charge is 0.220 e. The monoisotopic (exact) mass is 396 g/mol. The van der Waals surface area contributed by atoms with Crippen molar-refractivity contribution < 1.29 is 9.59 Å². The van der Waals surface area contributed by atoms with Gasteiger partial charge in [-0.05, 0) is 30.0 Å². The highest BCUT2D eigenvalue weighted by atomic mass is 79.9. The zero-order chi connectivity index (χ0) is 17.8. The van der Waals surface area contributed by atoms with Gasteiger partial charge in [0.15, 0.2) is 0 Å². The number of halogens is 1. The lowest BCUT2D eigenvalue weighted by Crippen LogP contribution is -2.31. The molecule has 5 heteroatoms. The van der Waals surface area contributed by atoms with E-state index in [1.807, 2.05) is 24.3 Å². The first-order chi connectivity index (χ1) is 11.5. The highest BCUT2D eigenvalue weighted by molar-refractivity contribution is 9.10. The number of rotatable bonds is 11. The van der Waals surface area contributed by atoms with E-state index in [1.54, 1.807) is 0 Å². The molecule has 2 N–H and O–H groups in total. The summed E-state index contributed by atoms with van der Waals surface area (Å²) in [7, 11) is 0. The molecule has 0 heterocycles. The van der Waals surface area contributed by atoms with Crippen LogP contribution in [0.4, 0.5) is 0 Å². The molecule has 134 valence electrons. The normalized spacial score (nSPS) is 11.8. The van der Waals surface area contributed by atoms with E-state index < -0.39 is 0 Å². The van der Waals surface area contributed by atoms with Crippen LogP contribution in [-0.2, 0) is 16.1 Å². The fraction of sp³-hybridized carbons (Fsp3) is 0.579. The number of hydrogen-bond donors (Lipinski definition) is 2. The number of hydrogen-bond acceptors (Lipinski definition) is 2. The first kappa shape index (κ1) is 20.7. The maximum absolute atomic E-state index is 11.9. The molecule has 0 spiro atoms. The van der Waals surface area contributed by atoms with Crippen LogP contribution >= 0.6 is 15.9 Å². The summed E-state index contributed by atoms with van der Waals surface area (Å²) in [6.45, 7) is 5.53. The summed E-state index contributed by atoms with van der Waals surface area (Å²) in [6, 6.07) is 7.80. The molecule has 0 fully saturated rings. The van der Waals surface area contributed by atoms with E-state index in [1.165, 1.54) is 12.8 Å². The summed E-state index contributed by atoms with van der Waals surface area (Å²) >= 11 is 3.40. The van der Waals surface area contributed by atoms with Gasteiger partial charge >= 0.3 is 0 Å². The Kier molecular flexibility index (Phi) is 10.4. The van der Waals surface area contributed by atoms with E-state index in [-0.39, 0.29) is 24.7 Å². The largest absolute Gasteiger partial charge is 0.356 e. The highest BCUT2D eigenvalue weighted by Gasteiger charge is 2.10. The maximum atomic E-state index is 11.9. The molecule has 0 saturated carbocycles. The van der Waals surface area contributed by atoms with Crippen LogP contribution in [0.1, 0.15) is 57.9 Å². The SMILES string of the molecule is CCCC[C@H](CC)CNC(=O)CCC(=O)NCc1cccc(Br)c1. The van der Waals surface area contributed by atoms with Crippen LogP contribution in [-0.4, -0.2) is 18.4 Å². The van der Waals surface area contributed by atoms with Crippen LogP contribution in [0.15, 0.2) is 28.7 Å². The summed E-state index contributed by atoms with van der Waals surface area (Å²) in [4.78, 5) is 23.7. The summed E-state index contributed by atoms with van der Waals surface area (Å²) in [5.74, 6) is 0.407. The number of amides is 2. The van der Waals surface area contributed by atoms with Crippen molar-refractivity contribution in [2.75, 3.05) is 6.54 Å². The van der Waals surface area contributed by atoms with Gasteiger partial charge in [-0.3, -0.25) is 9.59 Å². The van der Waals surface area contributed by atoms with Crippen LogP contribution < -0.4 is 10.6 Å². The van der Waals surface area contributed by atoms with Crippen molar-refractivity contribution in [3.63, 3.8) is 0 Å². The molecule has 2 amide bonds. The molecule has 1 aromatic carbocycles. The van der Waals surface area contributed by atoms with Crippen molar-refractivity contribution >= 4 is 27.7 Å². The van der Waals surface area contributed by atoms with E-state index in [2.05, 4.69) is 40.4 Å². The molecule has 1 rings (SSSR count). The Morgan fingerprint density at radius 2 is 1.83 bits per heavy atom. The number of benzene rings is 1. The van der Waals surface area contributed by atoms with Crippen molar-refractivity contribution in [3.05, 3.63) is 34.3 Å². The van der Waals surface area contributed by atoms with Gasteiger partial charge in [-0.15, -0.1) is 0 Å². The summed E-state index contributed by atoms with van der Waals surface area (Å²) < 4.78 is 0.988. The van der Waals surface area contributed by atoms with Gasteiger partial charge in [0.1, 0.15) is 0 Å². The molecule has 0 aromatic heterocycles. The average Bonchev–Trinajstić information content (AvgIpc) is 2.58. The van der Waals surface area contributed by atoms with E-state index in [0.29, 0.717) is 12.5 Å². The second kappa shape index (κ2) is 12.1. The van der Waals surface area contributed by atoms with Crippen molar-refractivity contribution in [2.45, 2.75) is 58.9 Å². The van der Waals surface area contributed by atoms with Crippen LogP contribution in [0, 0.1) is 5.92 Å². The molecule has 0 aliphatic rings. The van der Waals surface area contributed by atoms with Crippen LogP contribution in [0.5, 0.6) is 0 Å². The number of unbranched alkanes of at least 4 members (excludes halogenated alkanes) is 1. The third kappa shape index (κ3) is 9.06. The molecule has 1 atom stereocenters. The molecule has 0 bridgehead atoms. The quantitative estimate of drug-likeness (QED) is 0.589. The van der Waals surface area contributed by atoms with Gasteiger partial charge in [0, 0.05) is 30.4 Å². The minimum atomic E-state index is -0.0943. The van der Waals surface area contributed by atoms with E-state index in [9.17, 15) is 9.59 Å². The van der Waals surface area contributed by atoms with Gasteiger partial charge in [-0.25, -0.2) is 0 Å². The lowest BCUT2D eigenvalue weighted by Gasteiger charge is -2.15. The van der Waals surface area contributed by atoms with E-state index >= 15 is 0 Å². The molecular weight excluding hydrogens is 368 g/mol. The minimum Gasteiger partial charge on any atom is -0.356 e. The van der Waals surface area contributed by atoms with Crippen molar-refractivity contribution in [1.82, 2.24) is 10.6 Å². The Balaban J connectivity index is 2.20. The van der Waals surface area contributed by atoms with Gasteiger partial charge in [0.25, 0.3) is 0 Å². The Bertz CT molecular complexity index is 520. The Labute approximate surface area is 153 Å². The number of carbonyl (C=O) groups excluding carboxylic acids is 2. The second-order valence-electron chi connectivity index (χ2n) is 6.13. The first-order valence-corrected chi connectivity index (χ1v) is 9.62. The lowest BCUT2D eigenvalue weighted by atomic mass is 9.99. The molecular formula is C19H29BrN2O2. The fourth-order valence-corrected chi connectivity index (χ4v) is 2.90. The van der Waals surface area contributed by atoms with Gasteiger partial charge in [0.2, 0.25) is 11.8 Å². The van der Waals surface area contributed by atoms with Gasteiger partial charge in [0.05, 0.1) is 0 Å². The van der Waals surface area contributed by atoms with Crippen molar-refractivity contribution in [1.29, 1.82) is 0 Å². The van der Waals surface area contributed by atoms with Crippen molar-refractivity contribution in [2.24, 2.45) is 5.92 Å². The molecule has 0 radical (unpaired) electrons. The Morgan fingerprint density at radius 1 is 1.12 bits per heavy atom. The van der Waals surface area contributed by atoms with E-state index in [0.717, 1.165) is 29.4 Å². The average molecular weight is 397 g/mol. The lowest BCUT2D eigenvalue weighted by molar-refractivity contribution is -0.126. The van der Waals surface area contributed by atoms with Gasteiger partial charge in [-0.1, -0.05) is 61.2 Å². The molecule has 0 saturated heterocycles. The van der Waals surface area contributed by atoms with Crippen molar-refractivity contribution in [3.8, 4) is 0 Å². The van der Waals surface area contributed by atoms with Crippen LogP contribution in [0.25, 0.3) is 0 Å². The third-order valence-corrected chi connectivity index (χ3v) is 4.58. The van der Waals surface area contributed by atoms with E-state index in [4.69, 9.17) is 0 Å². The van der Waals surface area contributed by atoms with Gasteiger partial charge in [-0.2, -0.15) is 0 Å². The minimum absolute atomic E-state index is 0.0393.